The van der Waals surface area contributed by atoms with Crippen molar-refractivity contribution in [1.82, 2.24) is 9.55 Å². The van der Waals surface area contributed by atoms with Gasteiger partial charge >= 0.3 is 0 Å². The molecule has 0 fully saturated rings. The molecule has 1 unspecified atom stereocenters. The Morgan fingerprint density at radius 2 is 2.14 bits per heavy atom. The van der Waals surface area contributed by atoms with Gasteiger partial charge in [-0.25, -0.2) is 0 Å². The highest BCUT2D eigenvalue weighted by atomic mass is 32.1. The molecule has 0 saturated carbocycles. The molecule has 0 radical (unpaired) electrons. The molecule has 1 aromatic carbocycles. The minimum Gasteiger partial charge on any atom is -0.491 e. The molecule has 2 rings (SSSR count). The van der Waals surface area contributed by atoms with Crippen LogP contribution in [0.15, 0.2) is 18.2 Å². The molecule has 2 aromatic rings. The van der Waals surface area contributed by atoms with Crippen molar-refractivity contribution in [1.29, 1.82) is 0 Å². The smallest absolute Gasteiger partial charge is 0.178 e. The molecule has 1 N–H and O–H groups in total. The van der Waals surface area contributed by atoms with Gasteiger partial charge in [0.15, 0.2) is 4.77 Å². The summed E-state index contributed by atoms with van der Waals surface area (Å²) in [6, 6.07) is 5.96. The fourth-order valence-corrected chi connectivity index (χ4v) is 2.53. The van der Waals surface area contributed by atoms with Crippen molar-refractivity contribution in [3.63, 3.8) is 0 Å². The van der Waals surface area contributed by atoms with Crippen LogP contribution in [0, 0.1) is 4.77 Å². The van der Waals surface area contributed by atoms with Gasteiger partial charge in [0.2, 0.25) is 0 Å². The zero-order valence-electron chi connectivity index (χ0n) is 12.7. The molecular weight excluding hydrogens is 288 g/mol. The lowest BCUT2D eigenvalue weighted by Gasteiger charge is -2.15. The molecule has 0 spiro atoms. The lowest BCUT2D eigenvalue weighted by Crippen LogP contribution is -2.23. The van der Waals surface area contributed by atoms with E-state index in [9.17, 15) is 0 Å². The maximum atomic E-state index is 5.77. The third-order valence-corrected chi connectivity index (χ3v) is 3.63. The monoisotopic (exact) mass is 310 g/mol. The molecule has 0 aliphatic rings. The van der Waals surface area contributed by atoms with Gasteiger partial charge in [-0.3, -0.25) is 0 Å². The molecule has 0 aliphatic carbocycles. The van der Waals surface area contributed by atoms with E-state index in [4.69, 9.17) is 26.4 Å². The Morgan fingerprint density at radius 3 is 2.81 bits per heavy atom. The minimum absolute atomic E-state index is 0.0408. The number of H-pyrrole nitrogens is 1. The largest absolute Gasteiger partial charge is 0.491 e. The second-order valence-electron chi connectivity index (χ2n) is 4.85. The predicted octanol–water partition coefficient (Wildman–Crippen LogP) is 3.15. The highest BCUT2D eigenvalue weighted by molar-refractivity contribution is 7.71. The highest BCUT2D eigenvalue weighted by Crippen LogP contribution is 2.25. The number of benzene rings is 1. The van der Waals surface area contributed by atoms with Crippen molar-refractivity contribution in [2.45, 2.75) is 26.0 Å². The summed E-state index contributed by atoms with van der Waals surface area (Å²) in [5, 5.41) is 0. The van der Waals surface area contributed by atoms with Crippen molar-refractivity contribution in [2.75, 3.05) is 27.4 Å². The van der Waals surface area contributed by atoms with Crippen molar-refractivity contribution in [3.8, 4) is 5.75 Å². The molecule has 6 heteroatoms. The number of rotatable bonds is 8. The van der Waals surface area contributed by atoms with Gasteiger partial charge in [-0.05, 0) is 30.8 Å². The molecule has 1 atom stereocenters. The third-order valence-electron chi connectivity index (χ3n) is 3.31. The molecule has 116 valence electrons. The van der Waals surface area contributed by atoms with E-state index >= 15 is 0 Å². The molecule has 21 heavy (non-hydrogen) atoms. The third kappa shape index (κ3) is 3.64. The summed E-state index contributed by atoms with van der Waals surface area (Å²) in [6.07, 6.45) is 0.929. The first kappa shape index (κ1) is 16.0. The average molecular weight is 310 g/mol. The normalized spacial score (nSPS) is 12.7. The van der Waals surface area contributed by atoms with E-state index in [1.807, 2.05) is 22.8 Å². The Bertz CT molecular complexity index is 635. The van der Waals surface area contributed by atoms with E-state index in [2.05, 4.69) is 11.9 Å². The van der Waals surface area contributed by atoms with Crippen LogP contribution in [0.2, 0.25) is 0 Å². The average Bonchev–Trinajstić information content (AvgIpc) is 2.81. The van der Waals surface area contributed by atoms with Gasteiger partial charge in [-0.15, -0.1) is 0 Å². The van der Waals surface area contributed by atoms with Crippen molar-refractivity contribution in [2.24, 2.45) is 0 Å². The van der Waals surface area contributed by atoms with Crippen molar-refractivity contribution in [3.05, 3.63) is 23.0 Å². The number of aromatic nitrogens is 2. The SMILES string of the molecule is CCCOc1cccc2c1[nH]c(=S)n2CC(COC)OC. The number of ether oxygens (including phenoxy) is 3. The number of methoxy groups -OCH3 is 2. The standard InChI is InChI=1S/C15H22N2O3S/c1-4-8-20-13-7-5-6-12-14(13)16-15(21)17(12)9-11(19-3)10-18-2/h5-7,11H,4,8-10H2,1-3H3,(H,16,21). The predicted molar refractivity (Wildman–Crippen MR) is 85.6 cm³/mol. The Balaban J connectivity index is 2.36. The number of hydrogen-bond acceptors (Lipinski definition) is 4. The molecule has 0 amide bonds. The fourth-order valence-electron chi connectivity index (χ4n) is 2.25. The van der Waals surface area contributed by atoms with Crippen molar-refractivity contribution < 1.29 is 14.2 Å². The number of hydrogen-bond donors (Lipinski definition) is 1. The lowest BCUT2D eigenvalue weighted by atomic mass is 10.2. The zero-order valence-corrected chi connectivity index (χ0v) is 13.5. The number of nitrogens with one attached hydrogen (secondary N) is 1. The summed E-state index contributed by atoms with van der Waals surface area (Å²) in [5.74, 6) is 0.833. The van der Waals surface area contributed by atoms with Crippen LogP contribution < -0.4 is 4.74 Å². The van der Waals surface area contributed by atoms with Crippen LogP contribution in [0.5, 0.6) is 5.75 Å². The van der Waals surface area contributed by atoms with E-state index in [0.29, 0.717) is 24.5 Å². The first-order valence-corrected chi connectivity index (χ1v) is 7.48. The van der Waals surface area contributed by atoms with Gasteiger partial charge in [0.25, 0.3) is 0 Å². The molecule has 1 heterocycles. The zero-order chi connectivity index (χ0) is 15.2. The highest BCUT2D eigenvalue weighted by Gasteiger charge is 2.14. The van der Waals surface area contributed by atoms with Gasteiger partial charge in [0, 0.05) is 14.2 Å². The second kappa shape index (κ2) is 7.59. The van der Waals surface area contributed by atoms with Gasteiger partial charge in [-0.1, -0.05) is 13.0 Å². The minimum atomic E-state index is -0.0408. The Labute approximate surface area is 129 Å². The van der Waals surface area contributed by atoms with E-state index in [1.165, 1.54) is 0 Å². The molecular formula is C15H22N2O3S. The van der Waals surface area contributed by atoms with Crippen LogP contribution in [0.25, 0.3) is 11.0 Å². The molecule has 0 bridgehead atoms. The maximum Gasteiger partial charge on any atom is 0.178 e. The van der Waals surface area contributed by atoms with Crippen molar-refractivity contribution >= 4 is 23.3 Å². The topological polar surface area (TPSA) is 48.4 Å². The molecule has 0 saturated heterocycles. The van der Waals surface area contributed by atoms with E-state index in [1.54, 1.807) is 14.2 Å². The van der Waals surface area contributed by atoms with Gasteiger partial charge in [0.1, 0.15) is 11.3 Å². The van der Waals surface area contributed by atoms with Crippen LogP contribution in [0.3, 0.4) is 0 Å². The van der Waals surface area contributed by atoms with Crippen LogP contribution in [-0.4, -0.2) is 43.1 Å². The summed E-state index contributed by atoms with van der Waals surface area (Å²) in [6.45, 7) is 3.94. The summed E-state index contributed by atoms with van der Waals surface area (Å²) < 4.78 is 19.0. The number of nitrogens with zero attached hydrogens (tertiary/aromatic N) is 1. The van der Waals surface area contributed by atoms with Gasteiger partial charge < -0.3 is 23.8 Å². The van der Waals surface area contributed by atoms with Crippen LogP contribution >= 0.6 is 12.2 Å². The fraction of sp³-hybridized carbons (Fsp3) is 0.533. The first-order chi connectivity index (χ1) is 10.2. The van der Waals surface area contributed by atoms with Gasteiger partial charge in [-0.2, -0.15) is 0 Å². The van der Waals surface area contributed by atoms with Crippen LogP contribution in [0.1, 0.15) is 13.3 Å². The second-order valence-corrected chi connectivity index (χ2v) is 5.24. The van der Waals surface area contributed by atoms with E-state index < -0.39 is 0 Å². The van der Waals surface area contributed by atoms with Crippen LogP contribution in [-0.2, 0) is 16.0 Å². The summed E-state index contributed by atoms with van der Waals surface area (Å²) in [7, 11) is 3.34. The molecule has 0 aliphatic heterocycles. The number of fused-ring (bicyclic) bond motifs is 1. The maximum absolute atomic E-state index is 5.77. The summed E-state index contributed by atoms with van der Waals surface area (Å²) in [5.41, 5.74) is 1.95. The summed E-state index contributed by atoms with van der Waals surface area (Å²) >= 11 is 5.43. The van der Waals surface area contributed by atoms with E-state index in [-0.39, 0.29) is 6.10 Å². The Kier molecular flexibility index (Phi) is 5.78. The van der Waals surface area contributed by atoms with Crippen LogP contribution in [0.4, 0.5) is 0 Å². The van der Waals surface area contributed by atoms with Gasteiger partial charge in [0.05, 0.1) is 31.4 Å². The quantitative estimate of drug-likeness (QED) is 0.761. The number of imidazole rings is 1. The Hall–Kier alpha value is -1.37. The first-order valence-electron chi connectivity index (χ1n) is 7.07. The number of aromatic amines is 1. The number of para-hydroxylation sites is 1. The Morgan fingerprint density at radius 1 is 1.33 bits per heavy atom. The summed E-state index contributed by atoms with van der Waals surface area (Å²) in [4.78, 5) is 3.23. The molecule has 1 aromatic heterocycles. The molecule has 5 nitrogen and oxygen atoms in total. The van der Waals surface area contributed by atoms with E-state index in [0.717, 1.165) is 23.2 Å². The lowest BCUT2D eigenvalue weighted by molar-refractivity contribution is 0.0188.